The van der Waals surface area contributed by atoms with Gasteiger partial charge < -0.3 is 15.4 Å². The predicted octanol–water partition coefficient (Wildman–Crippen LogP) is 1.85. The molecule has 0 aliphatic carbocycles. The lowest BCUT2D eigenvalue weighted by Gasteiger charge is -2.19. The van der Waals surface area contributed by atoms with Crippen LogP contribution in [-0.4, -0.2) is 43.1 Å². The molecule has 0 atom stereocenters. The number of hydrogen-bond donors (Lipinski definition) is 1. The molecule has 2 rings (SSSR count). The van der Waals surface area contributed by atoms with E-state index in [-0.39, 0.29) is 18.5 Å². The number of unbranched alkanes of at least 4 members (excludes halogenated alkanes) is 1. The zero-order valence-corrected chi connectivity index (χ0v) is 12.2. The number of nitrogen functional groups attached to an aromatic ring is 1. The first-order valence-corrected chi connectivity index (χ1v) is 7.20. The molecule has 0 bridgehead atoms. The average molecular weight is 291 g/mol. The van der Waals surface area contributed by atoms with E-state index in [0.29, 0.717) is 31.1 Å². The number of amides is 2. The van der Waals surface area contributed by atoms with Crippen LogP contribution in [-0.2, 0) is 9.53 Å². The number of esters is 1. The Bertz CT molecular complexity index is 519. The highest BCUT2D eigenvalue weighted by atomic mass is 16.5. The fraction of sp³-hybridized carbons (Fsp3) is 0.467. The molecule has 2 amide bonds. The fourth-order valence-electron chi connectivity index (χ4n) is 2.22. The molecule has 1 heterocycles. The zero-order chi connectivity index (χ0) is 15.2. The van der Waals surface area contributed by atoms with Crippen LogP contribution in [0.15, 0.2) is 24.3 Å². The van der Waals surface area contributed by atoms with E-state index in [2.05, 4.69) is 0 Å². The Labute approximate surface area is 124 Å². The van der Waals surface area contributed by atoms with Crippen molar-refractivity contribution >= 4 is 23.4 Å². The Balaban J connectivity index is 1.93. The van der Waals surface area contributed by atoms with E-state index < -0.39 is 0 Å². The molecule has 0 aromatic heterocycles. The molecule has 1 saturated heterocycles. The van der Waals surface area contributed by atoms with E-state index in [1.54, 1.807) is 17.0 Å². The second kappa shape index (κ2) is 6.97. The molecule has 6 heteroatoms. The van der Waals surface area contributed by atoms with Gasteiger partial charge in [0.1, 0.15) is 6.54 Å². The number of nitrogens with two attached hydrogens (primary N) is 1. The van der Waals surface area contributed by atoms with Crippen molar-refractivity contribution in [3.8, 4) is 0 Å². The Morgan fingerprint density at radius 3 is 2.81 bits per heavy atom. The smallest absolute Gasteiger partial charge is 0.325 e. The van der Waals surface area contributed by atoms with Gasteiger partial charge in [0.2, 0.25) is 0 Å². The first-order valence-electron chi connectivity index (χ1n) is 7.20. The van der Waals surface area contributed by atoms with Crippen molar-refractivity contribution in [1.82, 2.24) is 4.90 Å². The van der Waals surface area contributed by atoms with Crippen LogP contribution >= 0.6 is 0 Å². The summed E-state index contributed by atoms with van der Waals surface area (Å²) in [6, 6.07) is 7.00. The predicted molar refractivity (Wildman–Crippen MR) is 81.0 cm³/mol. The van der Waals surface area contributed by atoms with Crippen LogP contribution in [0.5, 0.6) is 0 Å². The largest absolute Gasteiger partial charge is 0.464 e. The maximum Gasteiger partial charge on any atom is 0.325 e. The van der Waals surface area contributed by atoms with Gasteiger partial charge in [-0.05, 0) is 18.6 Å². The standard InChI is InChI=1S/C15H21N3O3/c1-2-3-10-21-14(19)11-17-8-9-18(15(17)20)13-7-5-4-6-12(13)16/h4-7H,2-3,8-11,16H2,1H3. The van der Waals surface area contributed by atoms with Crippen molar-refractivity contribution in [1.29, 1.82) is 0 Å². The maximum absolute atomic E-state index is 12.3. The molecule has 2 N–H and O–H groups in total. The molecule has 0 saturated carbocycles. The fourth-order valence-corrected chi connectivity index (χ4v) is 2.22. The Kier molecular flexibility index (Phi) is 5.03. The third-order valence-electron chi connectivity index (χ3n) is 3.40. The second-order valence-electron chi connectivity index (χ2n) is 4.99. The van der Waals surface area contributed by atoms with Crippen LogP contribution in [0.25, 0.3) is 0 Å². The molecule has 1 aromatic rings. The van der Waals surface area contributed by atoms with Gasteiger partial charge in [0.05, 0.1) is 18.0 Å². The number of anilines is 2. The first kappa shape index (κ1) is 15.2. The van der Waals surface area contributed by atoms with E-state index in [0.717, 1.165) is 12.8 Å². The summed E-state index contributed by atoms with van der Waals surface area (Å²) in [5.74, 6) is -0.361. The van der Waals surface area contributed by atoms with Gasteiger partial charge in [-0.15, -0.1) is 0 Å². The lowest BCUT2D eigenvalue weighted by molar-refractivity contribution is -0.144. The van der Waals surface area contributed by atoms with Crippen LogP contribution in [0.3, 0.4) is 0 Å². The number of rotatable bonds is 6. The highest BCUT2D eigenvalue weighted by molar-refractivity contribution is 5.98. The Hall–Kier alpha value is -2.24. The Morgan fingerprint density at radius 1 is 1.33 bits per heavy atom. The summed E-state index contributed by atoms with van der Waals surface area (Å²) in [4.78, 5) is 27.1. The third kappa shape index (κ3) is 3.65. The molecule has 1 fully saturated rings. The van der Waals surface area contributed by atoms with Crippen molar-refractivity contribution in [2.75, 3.05) is 36.9 Å². The van der Waals surface area contributed by atoms with E-state index in [1.165, 1.54) is 4.90 Å². The van der Waals surface area contributed by atoms with Gasteiger partial charge in [-0.1, -0.05) is 25.5 Å². The van der Waals surface area contributed by atoms with Crippen molar-refractivity contribution in [3.05, 3.63) is 24.3 Å². The summed E-state index contributed by atoms with van der Waals surface area (Å²) >= 11 is 0. The van der Waals surface area contributed by atoms with Crippen molar-refractivity contribution in [2.45, 2.75) is 19.8 Å². The second-order valence-corrected chi connectivity index (χ2v) is 4.99. The molecule has 1 aliphatic heterocycles. The average Bonchev–Trinajstić information content (AvgIpc) is 2.81. The van der Waals surface area contributed by atoms with Gasteiger partial charge in [0.15, 0.2) is 0 Å². The minimum atomic E-state index is -0.361. The van der Waals surface area contributed by atoms with E-state index in [9.17, 15) is 9.59 Å². The Morgan fingerprint density at radius 2 is 2.10 bits per heavy atom. The number of carbonyl (C=O) groups excluding carboxylic acids is 2. The summed E-state index contributed by atoms with van der Waals surface area (Å²) in [6.07, 6.45) is 1.81. The quantitative estimate of drug-likeness (QED) is 0.493. The topological polar surface area (TPSA) is 75.9 Å². The molecular formula is C15H21N3O3. The monoisotopic (exact) mass is 291 g/mol. The lowest BCUT2D eigenvalue weighted by Crippen LogP contribution is -2.36. The SMILES string of the molecule is CCCCOC(=O)CN1CCN(c2ccccc2N)C1=O. The molecule has 6 nitrogen and oxygen atoms in total. The van der Waals surface area contributed by atoms with Crippen LogP contribution in [0.4, 0.5) is 16.2 Å². The maximum atomic E-state index is 12.3. The number of benzene rings is 1. The zero-order valence-electron chi connectivity index (χ0n) is 12.2. The van der Waals surface area contributed by atoms with Gasteiger partial charge >= 0.3 is 12.0 Å². The summed E-state index contributed by atoms with van der Waals surface area (Å²) in [5.41, 5.74) is 7.12. The normalized spacial score (nSPS) is 14.6. The molecule has 1 aliphatic rings. The molecule has 114 valence electrons. The van der Waals surface area contributed by atoms with Gasteiger partial charge in [-0.3, -0.25) is 9.69 Å². The van der Waals surface area contributed by atoms with Crippen LogP contribution in [0.2, 0.25) is 0 Å². The van der Waals surface area contributed by atoms with Gasteiger partial charge in [-0.25, -0.2) is 4.79 Å². The molecule has 0 radical (unpaired) electrons. The van der Waals surface area contributed by atoms with Crippen LogP contribution < -0.4 is 10.6 Å². The number of urea groups is 1. The highest BCUT2D eigenvalue weighted by Crippen LogP contribution is 2.26. The molecule has 1 aromatic carbocycles. The summed E-state index contributed by atoms with van der Waals surface area (Å²) in [5, 5.41) is 0. The number of para-hydroxylation sites is 2. The van der Waals surface area contributed by atoms with E-state index >= 15 is 0 Å². The number of ether oxygens (including phenoxy) is 1. The van der Waals surface area contributed by atoms with Crippen LogP contribution in [0.1, 0.15) is 19.8 Å². The van der Waals surface area contributed by atoms with Crippen molar-refractivity contribution in [2.24, 2.45) is 0 Å². The van der Waals surface area contributed by atoms with Gasteiger partial charge in [0, 0.05) is 13.1 Å². The number of hydrogen-bond acceptors (Lipinski definition) is 4. The van der Waals surface area contributed by atoms with E-state index in [4.69, 9.17) is 10.5 Å². The first-order chi connectivity index (χ1) is 10.1. The molecule has 0 spiro atoms. The summed E-state index contributed by atoms with van der Waals surface area (Å²) in [7, 11) is 0. The molecule has 21 heavy (non-hydrogen) atoms. The lowest BCUT2D eigenvalue weighted by atomic mass is 10.2. The molecule has 0 unspecified atom stereocenters. The number of carbonyl (C=O) groups is 2. The minimum Gasteiger partial charge on any atom is -0.464 e. The van der Waals surface area contributed by atoms with Crippen molar-refractivity contribution < 1.29 is 14.3 Å². The third-order valence-corrected chi connectivity index (χ3v) is 3.40. The molecular weight excluding hydrogens is 270 g/mol. The minimum absolute atomic E-state index is 0.00815. The summed E-state index contributed by atoms with van der Waals surface area (Å²) in [6.45, 7) is 3.45. The van der Waals surface area contributed by atoms with Crippen LogP contribution in [0, 0.1) is 0 Å². The van der Waals surface area contributed by atoms with Crippen molar-refractivity contribution in [3.63, 3.8) is 0 Å². The highest BCUT2D eigenvalue weighted by Gasteiger charge is 2.31. The van der Waals surface area contributed by atoms with Gasteiger partial charge in [0.25, 0.3) is 0 Å². The van der Waals surface area contributed by atoms with Gasteiger partial charge in [-0.2, -0.15) is 0 Å². The van der Waals surface area contributed by atoms with E-state index in [1.807, 2.05) is 19.1 Å². The number of nitrogens with zero attached hydrogens (tertiary/aromatic N) is 2. The summed E-state index contributed by atoms with van der Waals surface area (Å²) < 4.78 is 5.08.